The van der Waals surface area contributed by atoms with E-state index in [0.29, 0.717) is 23.6 Å². The summed E-state index contributed by atoms with van der Waals surface area (Å²) in [7, 11) is -3.57. The van der Waals surface area contributed by atoms with Crippen LogP contribution in [0.4, 0.5) is 5.69 Å². The molecule has 152 valence electrons. The van der Waals surface area contributed by atoms with E-state index in [-0.39, 0.29) is 29.8 Å². The summed E-state index contributed by atoms with van der Waals surface area (Å²) >= 11 is 0. The van der Waals surface area contributed by atoms with Gasteiger partial charge in [-0.2, -0.15) is 5.26 Å². The molecule has 0 unspecified atom stereocenters. The first-order valence-corrected chi connectivity index (χ1v) is 11.0. The molecule has 0 bridgehead atoms. The van der Waals surface area contributed by atoms with Crippen molar-refractivity contribution in [3.63, 3.8) is 0 Å². The van der Waals surface area contributed by atoms with Crippen LogP contribution in [0.5, 0.6) is 5.75 Å². The van der Waals surface area contributed by atoms with Crippen molar-refractivity contribution in [2.24, 2.45) is 0 Å². The number of nitrogens with one attached hydrogen (secondary N) is 1. The van der Waals surface area contributed by atoms with E-state index in [1.54, 1.807) is 24.3 Å². The second-order valence-corrected chi connectivity index (χ2v) is 8.43. The van der Waals surface area contributed by atoms with Crippen LogP contribution in [0, 0.1) is 11.3 Å². The molecule has 1 saturated carbocycles. The Balaban J connectivity index is 1.80. The zero-order chi connectivity index (χ0) is 20.9. The fraction of sp³-hybridized carbons (Fsp3) is 0.333. The number of ether oxygens (including phenoxy) is 1. The molecule has 2 aromatic carbocycles. The van der Waals surface area contributed by atoms with Crippen LogP contribution >= 0.6 is 0 Å². The molecule has 1 fully saturated rings. The Morgan fingerprint density at radius 3 is 2.38 bits per heavy atom. The van der Waals surface area contributed by atoms with Gasteiger partial charge in [-0.1, -0.05) is 0 Å². The molecule has 0 heterocycles. The molecular formula is C21H23N3O4S. The van der Waals surface area contributed by atoms with Gasteiger partial charge in [0.05, 0.1) is 24.0 Å². The van der Waals surface area contributed by atoms with Crippen LogP contribution in [0.1, 0.15) is 36.5 Å². The van der Waals surface area contributed by atoms with Crippen LogP contribution in [0.2, 0.25) is 0 Å². The molecular weight excluding hydrogens is 390 g/mol. The Labute approximate surface area is 171 Å². The molecule has 0 aromatic heterocycles. The van der Waals surface area contributed by atoms with Gasteiger partial charge in [0.2, 0.25) is 10.0 Å². The number of hydrogen-bond donors (Lipinski definition) is 1. The summed E-state index contributed by atoms with van der Waals surface area (Å²) in [6.07, 6.45) is 1.88. The molecule has 0 spiro atoms. The Kier molecular flexibility index (Phi) is 6.52. The zero-order valence-corrected chi connectivity index (χ0v) is 17.0. The Morgan fingerprint density at radius 2 is 1.83 bits per heavy atom. The van der Waals surface area contributed by atoms with E-state index in [1.165, 1.54) is 29.2 Å². The number of benzene rings is 2. The van der Waals surface area contributed by atoms with Crippen LogP contribution in [-0.2, 0) is 10.0 Å². The normalized spacial score (nSPS) is 13.5. The maximum absolute atomic E-state index is 13.0. The van der Waals surface area contributed by atoms with Gasteiger partial charge in [-0.05, 0) is 68.3 Å². The smallest absolute Gasteiger partial charge is 0.258 e. The average molecular weight is 413 g/mol. The van der Waals surface area contributed by atoms with Crippen LogP contribution in [0.15, 0.2) is 53.4 Å². The molecule has 2 aromatic rings. The van der Waals surface area contributed by atoms with Gasteiger partial charge < -0.3 is 9.64 Å². The van der Waals surface area contributed by atoms with E-state index in [1.807, 2.05) is 6.92 Å². The predicted molar refractivity (Wildman–Crippen MR) is 109 cm³/mol. The van der Waals surface area contributed by atoms with Gasteiger partial charge in [-0.15, -0.1) is 0 Å². The molecule has 8 heteroatoms. The number of carbonyl (C=O) groups excluding carboxylic acids is 1. The molecule has 1 N–H and O–H groups in total. The number of hydrogen-bond acceptors (Lipinski definition) is 5. The van der Waals surface area contributed by atoms with Crippen molar-refractivity contribution in [1.29, 1.82) is 5.26 Å². The number of carbonyl (C=O) groups is 1. The van der Waals surface area contributed by atoms with Crippen LogP contribution in [0.25, 0.3) is 0 Å². The maximum Gasteiger partial charge on any atom is 0.258 e. The van der Waals surface area contributed by atoms with Crippen molar-refractivity contribution in [2.75, 3.05) is 18.1 Å². The van der Waals surface area contributed by atoms with Gasteiger partial charge in [0.15, 0.2) is 0 Å². The summed E-state index contributed by atoms with van der Waals surface area (Å²) in [5, 5.41) is 8.95. The molecule has 0 atom stereocenters. The van der Waals surface area contributed by atoms with Crippen molar-refractivity contribution < 1.29 is 17.9 Å². The Hall–Kier alpha value is -2.89. The number of amides is 1. The second kappa shape index (κ2) is 9.07. The summed E-state index contributed by atoms with van der Waals surface area (Å²) in [6, 6.07) is 15.0. The molecule has 7 nitrogen and oxygen atoms in total. The molecule has 1 amide bonds. The largest absolute Gasteiger partial charge is 0.494 e. The van der Waals surface area contributed by atoms with E-state index >= 15 is 0 Å². The van der Waals surface area contributed by atoms with Crippen molar-refractivity contribution >= 4 is 21.6 Å². The van der Waals surface area contributed by atoms with Gasteiger partial charge >= 0.3 is 0 Å². The molecule has 0 saturated heterocycles. The van der Waals surface area contributed by atoms with E-state index < -0.39 is 10.0 Å². The molecule has 0 radical (unpaired) electrons. The highest BCUT2D eigenvalue weighted by atomic mass is 32.2. The van der Waals surface area contributed by atoms with Crippen molar-refractivity contribution in [1.82, 2.24) is 4.72 Å². The van der Waals surface area contributed by atoms with Gasteiger partial charge in [0, 0.05) is 23.8 Å². The standard InChI is InChI=1S/C21H23N3O4S/c1-2-28-19-10-8-18(9-11-19)24(15-3-14-22)21(25)16-4-12-20(13-5-16)29(26,27)23-17-6-7-17/h4-5,8-13,17,23H,2-3,6-7,15H2,1H3. The van der Waals surface area contributed by atoms with E-state index in [4.69, 9.17) is 10.00 Å². The maximum atomic E-state index is 13.0. The summed E-state index contributed by atoms with van der Waals surface area (Å²) in [5.74, 6) is 0.394. The van der Waals surface area contributed by atoms with Crippen LogP contribution in [0.3, 0.4) is 0 Å². The monoisotopic (exact) mass is 413 g/mol. The number of sulfonamides is 1. The topological polar surface area (TPSA) is 99.5 Å². The van der Waals surface area contributed by atoms with Crippen molar-refractivity contribution in [3.05, 3.63) is 54.1 Å². The minimum absolute atomic E-state index is 0.0161. The quantitative estimate of drug-likeness (QED) is 0.681. The first-order chi connectivity index (χ1) is 13.9. The minimum atomic E-state index is -3.57. The predicted octanol–water partition coefficient (Wildman–Crippen LogP) is 3.09. The highest BCUT2D eigenvalue weighted by molar-refractivity contribution is 7.89. The Bertz CT molecular complexity index is 992. The fourth-order valence-corrected chi connectivity index (χ4v) is 4.12. The van der Waals surface area contributed by atoms with E-state index in [9.17, 15) is 13.2 Å². The highest BCUT2D eigenvalue weighted by Gasteiger charge is 2.28. The summed E-state index contributed by atoms with van der Waals surface area (Å²) in [6.45, 7) is 2.66. The third-order valence-electron chi connectivity index (χ3n) is 4.46. The lowest BCUT2D eigenvalue weighted by Crippen LogP contribution is -2.32. The van der Waals surface area contributed by atoms with Crippen molar-refractivity contribution in [3.8, 4) is 11.8 Å². The number of rotatable bonds is 9. The summed E-state index contributed by atoms with van der Waals surface area (Å²) in [5.41, 5.74) is 0.989. The van der Waals surface area contributed by atoms with Gasteiger partial charge in [-0.25, -0.2) is 13.1 Å². The molecule has 1 aliphatic carbocycles. The molecule has 3 rings (SSSR count). The molecule has 29 heavy (non-hydrogen) atoms. The third kappa shape index (κ3) is 5.34. The Morgan fingerprint density at radius 1 is 1.17 bits per heavy atom. The van der Waals surface area contributed by atoms with Gasteiger partial charge in [0.25, 0.3) is 5.91 Å². The van der Waals surface area contributed by atoms with E-state index in [2.05, 4.69) is 10.8 Å². The first kappa shape index (κ1) is 20.8. The van der Waals surface area contributed by atoms with Crippen LogP contribution in [-0.4, -0.2) is 33.5 Å². The van der Waals surface area contributed by atoms with E-state index in [0.717, 1.165) is 12.8 Å². The summed E-state index contributed by atoms with van der Waals surface area (Å²) in [4.78, 5) is 14.7. The van der Waals surface area contributed by atoms with Gasteiger partial charge in [-0.3, -0.25) is 4.79 Å². The van der Waals surface area contributed by atoms with Crippen LogP contribution < -0.4 is 14.4 Å². The fourth-order valence-electron chi connectivity index (χ4n) is 2.82. The SMILES string of the molecule is CCOc1ccc(N(CCC#N)C(=O)c2ccc(S(=O)(=O)NC3CC3)cc2)cc1. The third-order valence-corrected chi connectivity index (χ3v) is 6.00. The second-order valence-electron chi connectivity index (χ2n) is 6.71. The lowest BCUT2D eigenvalue weighted by molar-refractivity contribution is 0.0987. The molecule has 0 aliphatic heterocycles. The summed E-state index contributed by atoms with van der Waals surface area (Å²) < 4.78 is 32.6. The zero-order valence-electron chi connectivity index (χ0n) is 16.2. The lowest BCUT2D eigenvalue weighted by Gasteiger charge is -2.22. The lowest BCUT2D eigenvalue weighted by atomic mass is 10.1. The molecule has 1 aliphatic rings. The number of nitriles is 1. The average Bonchev–Trinajstić information content (AvgIpc) is 3.53. The number of anilines is 1. The first-order valence-electron chi connectivity index (χ1n) is 9.48. The van der Waals surface area contributed by atoms with Crippen molar-refractivity contribution in [2.45, 2.75) is 37.1 Å². The number of nitrogens with zero attached hydrogens (tertiary/aromatic N) is 2. The highest BCUT2D eigenvalue weighted by Crippen LogP contribution is 2.24. The van der Waals surface area contributed by atoms with Gasteiger partial charge in [0.1, 0.15) is 5.75 Å². The minimum Gasteiger partial charge on any atom is -0.494 e.